The minimum Gasteiger partial charge on any atom is -0.423 e. The molecular formula is C38H41N5O5S. The summed E-state index contributed by atoms with van der Waals surface area (Å²) in [7, 11) is -3.70. The molecular weight excluding hydrogens is 639 g/mol. The second kappa shape index (κ2) is 12.6. The molecule has 2 aliphatic rings. The Balaban J connectivity index is 0.987. The van der Waals surface area contributed by atoms with Gasteiger partial charge in [0.25, 0.3) is 0 Å². The Morgan fingerprint density at radius 2 is 1.59 bits per heavy atom. The predicted octanol–water partition coefficient (Wildman–Crippen LogP) is 7.40. The monoisotopic (exact) mass is 679 g/mol. The van der Waals surface area contributed by atoms with Crippen LogP contribution < -0.4 is 16.3 Å². The number of fused-ring (bicyclic) bond motifs is 3. The van der Waals surface area contributed by atoms with E-state index in [4.69, 9.17) is 9.52 Å². The molecule has 0 aliphatic carbocycles. The second-order valence-corrected chi connectivity index (χ2v) is 16.2. The Morgan fingerprint density at radius 1 is 0.898 bits per heavy atom. The molecule has 0 saturated carbocycles. The van der Waals surface area contributed by atoms with Gasteiger partial charge in [0, 0.05) is 40.7 Å². The summed E-state index contributed by atoms with van der Waals surface area (Å²) >= 11 is 0. The van der Waals surface area contributed by atoms with E-state index in [1.54, 1.807) is 27.2 Å². The fraction of sp³-hybridized carbons (Fsp3) is 0.342. The normalized spacial score (nSPS) is 19.6. The molecule has 2 unspecified atom stereocenters. The average Bonchev–Trinajstić information content (AvgIpc) is 3.61. The summed E-state index contributed by atoms with van der Waals surface area (Å²) in [5, 5.41) is 11.3. The Hall–Kier alpha value is -4.74. The van der Waals surface area contributed by atoms with Crippen molar-refractivity contribution in [3.63, 3.8) is 0 Å². The molecule has 11 heteroatoms. The van der Waals surface area contributed by atoms with Crippen molar-refractivity contribution in [2.75, 3.05) is 10.6 Å². The summed E-state index contributed by atoms with van der Waals surface area (Å²) in [6.45, 7) is 8.30. The van der Waals surface area contributed by atoms with Gasteiger partial charge in [0.1, 0.15) is 11.4 Å². The lowest BCUT2D eigenvalue weighted by atomic mass is 9.87. The van der Waals surface area contributed by atoms with Gasteiger partial charge < -0.3 is 9.73 Å². The van der Waals surface area contributed by atoms with E-state index < -0.39 is 15.6 Å². The number of urea groups is 1. The van der Waals surface area contributed by atoms with Gasteiger partial charge in [-0.05, 0) is 99.0 Å². The molecule has 2 atom stereocenters. The summed E-state index contributed by atoms with van der Waals surface area (Å²) in [4.78, 5) is 24.9. The van der Waals surface area contributed by atoms with E-state index >= 15 is 0 Å². The van der Waals surface area contributed by atoms with Crippen LogP contribution in [0, 0.1) is 12.8 Å². The zero-order valence-corrected chi connectivity index (χ0v) is 29.0. The molecule has 7 rings (SSSR count). The number of carbonyl (C=O) groups is 1. The number of hydrogen-bond acceptors (Lipinski definition) is 6. The Labute approximate surface area is 286 Å². The van der Waals surface area contributed by atoms with Crippen LogP contribution in [0.5, 0.6) is 0 Å². The molecule has 49 heavy (non-hydrogen) atoms. The van der Waals surface area contributed by atoms with Crippen molar-refractivity contribution < 1.29 is 17.6 Å². The van der Waals surface area contributed by atoms with Gasteiger partial charge in [0.05, 0.1) is 16.3 Å². The van der Waals surface area contributed by atoms with Gasteiger partial charge in [-0.25, -0.2) is 22.7 Å². The van der Waals surface area contributed by atoms with Crippen LogP contribution in [0.25, 0.3) is 16.7 Å². The quantitative estimate of drug-likeness (QED) is 0.173. The van der Waals surface area contributed by atoms with Crippen LogP contribution in [0.15, 0.2) is 99.0 Å². The number of nitrogens with zero attached hydrogens (tertiary/aromatic N) is 3. The lowest BCUT2D eigenvalue weighted by molar-refractivity contribution is 0.190. The molecule has 0 radical (unpaired) electrons. The first-order chi connectivity index (χ1) is 23.3. The van der Waals surface area contributed by atoms with E-state index in [0.29, 0.717) is 28.4 Å². The highest BCUT2D eigenvalue weighted by Gasteiger charge is 2.47. The highest BCUT2D eigenvalue weighted by molar-refractivity contribution is 7.89. The number of aryl methyl sites for hydroxylation is 1. The molecule has 2 saturated heterocycles. The summed E-state index contributed by atoms with van der Waals surface area (Å²) in [6.07, 6.45) is 4.13. The van der Waals surface area contributed by atoms with Crippen molar-refractivity contribution in [1.29, 1.82) is 0 Å². The minimum absolute atomic E-state index is 0.0464. The van der Waals surface area contributed by atoms with Crippen LogP contribution in [0.1, 0.15) is 63.3 Å². The Morgan fingerprint density at radius 3 is 2.27 bits per heavy atom. The summed E-state index contributed by atoms with van der Waals surface area (Å²) in [6, 6.07) is 24.9. The average molecular weight is 680 g/mol. The number of nitrogens with one attached hydrogen (secondary N) is 2. The maximum absolute atomic E-state index is 13.8. The first-order valence-corrected chi connectivity index (χ1v) is 18.2. The smallest absolute Gasteiger partial charge is 0.336 e. The number of rotatable bonds is 7. The van der Waals surface area contributed by atoms with Gasteiger partial charge in [-0.3, -0.25) is 5.32 Å². The molecule has 2 fully saturated rings. The maximum atomic E-state index is 13.8. The fourth-order valence-corrected chi connectivity index (χ4v) is 9.12. The van der Waals surface area contributed by atoms with Gasteiger partial charge in [-0.15, -0.1) is 0 Å². The lowest BCUT2D eigenvalue weighted by Crippen LogP contribution is -2.46. The SMILES string of the molecule is Cc1ccc(-n2nc(C(C)(C)C)cc2NC(=O)Nc2ccc(CC3CC4CCC(C3)N4S(=O)(=O)c3ccc4oc(=O)ccc4c3)cc2)cc1. The third-order valence-corrected chi connectivity index (χ3v) is 11.7. The van der Waals surface area contributed by atoms with E-state index in [-0.39, 0.29) is 28.4 Å². The van der Waals surface area contributed by atoms with Crippen molar-refractivity contribution in [2.24, 2.45) is 5.92 Å². The van der Waals surface area contributed by atoms with Crippen molar-refractivity contribution in [2.45, 2.75) is 82.2 Å². The van der Waals surface area contributed by atoms with Crippen LogP contribution in [0.3, 0.4) is 0 Å². The molecule has 4 heterocycles. The summed E-state index contributed by atoms with van der Waals surface area (Å²) in [5.74, 6) is 0.941. The Bertz CT molecular complexity index is 2170. The van der Waals surface area contributed by atoms with Crippen molar-refractivity contribution >= 4 is 38.5 Å². The highest BCUT2D eigenvalue weighted by atomic mass is 32.2. The van der Waals surface area contributed by atoms with Gasteiger partial charge in [0.15, 0.2) is 0 Å². The molecule has 2 bridgehead atoms. The number of amides is 2. The molecule has 3 aromatic carbocycles. The number of hydrogen-bond donors (Lipinski definition) is 2. The predicted molar refractivity (Wildman–Crippen MR) is 191 cm³/mol. The molecule has 5 aromatic rings. The van der Waals surface area contributed by atoms with Crippen LogP contribution in [-0.2, 0) is 21.9 Å². The molecule has 254 valence electrons. The number of sulfonamides is 1. The Kier molecular flexibility index (Phi) is 8.44. The third-order valence-electron chi connectivity index (χ3n) is 9.66. The van der Waals surface area contributed by atoms with Crippen LogP contribution in [-0.4, -0.2) is 40.6 Å². The molecule has 10 nitrogen and oxygen atoms in total. The van der Waals surface area contributed by atoms with Crippen LogP contribution in [0.2, 0.25) is 0 Å². The maximum Gasteiger partial charge on any atom is 0.336 e. The topological polar surface area (TPSA) is 127 Å². The largest absolute Gasteiger partial charge is 0.423 e. The molecule has 2 aromatic heterocycles. The second-order valence-electron chi connectivity index (χ2n) is 14.4. The van der Waals surface area contributed by atoms with Gasteiger partial charge in [-0.1, -0.05) is 50.6 Å². The fourth-order valence-electron chi connectivity index (χ4n) is 7.19. The first kappa shape index (κ1) is 32.8. The third kappa shape index (κ3) is 6.78. The summed E-state index contributed by atoms with van der Waals surface area (Å²) < 4.78 is 36.3. The van der Waals surface area contributed by atoms with E-state index in [0.717, 1.165) is 54.6 Å². The number of anilines is 2. The van der Waals surface area contributed by atoms with E-state index in [1.807, 2.05) is 61.5 Å². The lowest BCUT2D eigenvalue weighted by Gasteiger charge is -2.38. The zero-order chi connectivity index (χ0) is 34.5. The molecule has 2 aliphatic heterocycles. The van der Waals surface area contributed by atoms with E-state index in [1.165, 1.54) is 12.1 Å². The van der Waals surface area contributed by atoms with Crippen LogP contribution in [0.4, 0.5) is 16.3 Å². The standard InChI is InChI=1S/C38H41N5O5S/c1-24-5-12-29(13-6-24)42-35(23-34(41-42)38(2,3)4)40-37(45)39-28-10-7-25(8-11-28)19-26-20-30-14-15-31(21-26)43(30)49(46,47)32-16-17-33-27(22-32)9-18-36(44)48-33/h5-13,16-18,22-23,26,30-31H,14-15,19-21H2,1-4H3,(H2,39,40,45). The summed E-state index contributed by atoms with van der Waals surface area (Å²) in [5.41, 5.74) is 4.41. The number of aromatic nitrogens is 2. The number of carbonyl (C=O) groups excluding carboxylic acids is 1. The van der Waals surface area contributed by atoms with Crippen molar-refractivity contribution in [3.8, 4) is 5.69 Å². The highest BCUT2D eigenvalue weighted by Crippen LogP contribution is 2.43. The molecule has 2 N–H and O–H groups in total. The number of piperidine rings is 1. The minimum atomic E-state index is -3.70. The van der Waals surface area contributed by atoms with Crippen molar-refractivity contribution in [3.05, 3.63) is 112 Å². The zero-order valence-electron chi connectivity index (χ0n) is 28.1. The van der Waals surface area contributed by atoms with Crippen molar-refractivity contribution in [1.82, 2.24) is 14.1 Å². The van der Waals surface area contributed by atoms with E-state index in [2.05, 4.69) is 31.4 Å². The van der Waals surface area contributed by atoms with Gasteiger partial charge >= 0.3 is 11.7 Å². The molecule has 0 spiro atoms. The van der Waals surface area contributed by atoms with Gasteiger partial charge in [-0.2, -0.15) is 9.40 Å². The van der Waals surface area contributed by atoms with Gasteiger partial charge in [0.2, 0.25) is 10.0 Å². The number of benzene rings is 3. The van der Waals surface area contributed by atoms with E-state index in [9.17, 15) is 18.0 Å². The first-order valence-electron chi connectivity index (χ1n) is 16.8. The molecule has 2 amide bonds. The van der Waals surface area contributed by atoms with Crippen LogP contribution >= 0.6 is 0 Å².